The molecular formula is C19H21N3O4. The maximum absolute atomic E-state index is 12.7. The zero-order valence-electron chi connectivity index (χ0n) is 14.5. The van der Waals surface area contributed by atoms with E-state index in [1.807, 2.05) is 36.4 Å². The number of rotatable bonds is 7. The van der Waals surface area contributed by atoms with E-state index in [9.17, 15) is 14.4 Å². The van der Waals surface area contributed by atoms with Gasteiger partial charge in [0.05, 0.1) is 12.3 Å². The van der Waals surface area contributed by atoms with Crippen LogP contribution >= 0.6 is 0 Å². The molecule has 0 saturated carbocycles. The van der Waals surface area contributed by atoms with Crippen molar-refractivity contribution in [3.63, 3.8) is 0 Å². The first-order valence-electron chi connectivity index (χ1n) is 8.49. The summed E-state index contributed by atoms with van der Waals surface area (Å²) in [6, 6.07) is 11.9. The standard InChI is InChI=1S/C19H21N3O4/c1-26-12-11-20-17(23)10-9-15-18(24)22(19(25)21-15)16-8-4-6-13-5-2-3-7-14(13)16/h2-8,15H,9-12H2,1H3,(H,20,23)(H,21,25)/t15-/m1/s1. The largest absolute Gasteiger partial charge is 0.383 e. The van der Waals surface area contributed by atoms with Gasteiger partial charge in [0.15, 0.2) is 0 Å². The smallest absolute Gasteiger partial charge is 0.329 e. The van der Waals surface area contributed by atoms with E-state index in [1.54, 1.807) is 13.2 Å². The van der Waals surface area contributed by atoms with Crippen molar-refractivity contribution in [2.24, 2.45) is 0 Å². The molecule has 0 bridgehead atoms. The van der Waals surface area contributed by atoms with Gasteiger partial charge in [-0.15, -0.1) is 0 Å². The fourth-order valence-electron chi connectivity index (χ4n) is 3.01. The molecule has 2 N–H and O–H groups in total. The molecule has 3 rings (SSSR count). The minimum Gasteiger partial charge on any atom is -0.383 e. The van der Waals surface area contributed by atoms with Crippen molar-refractivity contribution >= 4 is 34.3 Å². The van der Waals surface area contributed by atoms with Gasteiger partial charge in [-0.05, 0) is 17.9 Å². The number of anilines is 1. The highest BCUT2D eigenvalue weighted by Gasteiger charge is 2.39. The molecule has 1 aliphatic rings. The lowest BCUT2D eigenvalue weighted by Gasteiger charge is -2.15. The van der Waals surface area contributed by atoms with Gasteiger partial charge in [0.1, 0.15) is 6.04 Å². The van der Waals surface area contributed by atoms with Crippen molar-refractivity contribution < 1.29 is 19.1 Å². The summed E-state index contributed by atoms with van der Waals surface area (Å²) in [7, 11) is 1.56. The van der Waals surface area contributed by atoms with Gasteiger partial charge >= 0.3 is 6.03 Å². The molecule has 0 spiro atoms. The number of methoxy groups -OCH3 is 1. The molecule has 7 heteroatoms. The van der Waals surface area contributed by atoms with Crippen LogP contribution < -0.4 is 15.5 Å². The molecule has 136 valence electrons. The summed E-state index contributed by atoms with van der Waals surface area (Å²) in [6.45, 7) is 0.849. The van der Waals surface area contributed by atoms with E-state index < -0.39 is 12.1 Å². The summed E-state index contributed by atoms with van der Waals surface area (Å²) in [5.41, 5.74) is 0.553. The number of hydrogen-bond acceptors (Lipinski definition) is 4. The Bertz CT molecular complexity index is 831. The Labute approximate surface area is 151 Å². The van der Waals surface area contributed by atoms with Crippen LogP contribution in [-0.2, 0) is 14.3 Å². The molecule has 1 saturated heterocycles. The number of carbonyl (C=O) groups excluding carboxylic acids is 3. The second-order valence-electron chi connectivity index (χ2n) is 6.06. The lowest BCUT2D eigenvalue weighted by Crippen LogP contribution is -2.33. The molecule has 1 atom stereocenters. The van der Waals surface area contributed by atoms with Crippen molar-refractivity contribution in [2.45, 2.75) is 18.9 Å². The summed E-state index contributed by atoms with van der Waals surface area (Å²) in [5.74, 6) is -0.510. The van der Waals surface area contributed by atoms with Gasteiger partial charge in [0, 0.05) is 25.5 Å². The highest BCUT2D eigenvalue weighted by Crippen LogP contribution is 2.29. The lowest BCUT2D eigenvalue weighted by atomic mass is 10.1. The zero-order chi connectivity index (χ0) is 18.5. The predicted octanol–water partition coefficient (Wildman–Crippen LogP) is 1.81. The second-order valence-corrected chi connectivity index (χ2v) is 6.06. The first kappa shape index (κ1) is 17.9. The Morgan fingerprint density at radius 2 is 1.96 bits per heavy atom. The lowest BCUT2D eigenvalue weighted by molar-refractivity contribution is -0.122. The highest BCUT2D eigenvalue weighted by molar-refractivity contribution is 6.24. The van der Waals surface area contributed by atoms with Gasteiger partial charge in [-0.3, -0.25) is 9.59 Å². The van der Waals surface area contributed by atoms with E-state index in [0.29, 0.717) is 18.8 Å². The van der Waals surface area contributed by atoms with E-state index in [-0.39, 0.29) is 24.7 Å². The summed E-state index contributed by atoms with van der Waals surface area (Å²) >= 11 is 0. The van der Waals surface area contributed by atoms with E-state index in [4.69, 9.17) is 4.74 Å². The van der Waals surface area contributed by atoms with E-state index in [2.05, 4.69) is 10.6 Å². The summed E-state index contributed by atoms with van der Waals surface area (Å²) < 4.78 is 4.87. The van der Waals surface area contributed by atoms with Crippen LogP contribution in [0.4, 0.5) is 10.5 Å². The second kappa shape index (κ2) is 7.97. The summed E-state index contributed by atoms with van der Waals surface area (Å²) in [5, 5.41) is 7.15. The van der Waals surface area contributed by atoms with Crippen LogP contribution in [-0.4, -0.2) is 44.1 Å². The Balaban J connectivity index is 1.70. The molecule has 0 aromatic heterocycles. The molecule has 7 nitrogen and oxygen atoms in total. The number of nitrogens with one attached hydrogen (secondary N) is 2. The van der Waals surface area contributed by atoms with Crippen LogP contribution in [0.1, 0.15) is 12.8 Å². The van der Waals surface area contributed by atoms with Crippen molar-refractivity contribution in [1.29, 1.82) is 0 Å². The molecule has 2 aromatic carbocycles. The number of amides is 4. The molecule has 1 aliphatic heterocycles. The monoisotopic (exact) mass is 355 g/mol. The number of imide groups is 1. The summed E-state index contributed by atoms with van der Waals surface area (Å²) in [4.78, 5) is 38.0. The average Bonchev–Trinajstić information content (AvgIpc) is 2.93. The van der Waals surface area contributed by atoms with Gasteiger partial charge in [-0.1, -0.05) is 36.4 Å². The minimum atomic E-state index is -0.699. The Kier molecular flexibility index (Phi) is 5.48. The van der Waals surface area contributed by atoms with Crippen molar-refractivity contribution in [3.05, 3.63) is 42.5 Å². The molecule has 26 heavy (non-hydrogen) atoms. The fraction of sp³-hybridized carbons (Fsp3) is 0.316. The minimum absolute atomic E-state index is 0.157. The summed E-state index contributed by atoms with van der Waals surface area (Å²) in [6.07, 6.45) is 0.411. The number of nitrogens with zero attached hydrogens (tertiary/aromatic N) is 1. The van der Waals surface area contributed by atoms with Crippen molar-refractivity contribution in [1.82, 2.24) is 10.6 Å². The predicted molar refractivity (Wildman–Crippen MR) is 97.9 cm³/mol. The van der Waals surface area contributed by atoms with Gasteiger partial charge in [0.25, 0.3) is 5.91 Å². The fourth-order valence-corrected chi connectivity index (χ4v) is 3.01. The average molecular weight is 355 g/mol. The first-order chi connectivity index (χ1) is 12.6. The molecule has 4 amide bonds. The third kappa shape index (κ3) is 3.67. The molecule has 0 unspecified atom stereocenters. The Hall–Kier alpha value is -2.93. The maximum atomic E-state index is 12.7. The number of hydrogen-bond donors (Lipinski definition) is 2. The van der Waals surface area contributed by atoms with E-state index in [1.165, 1.54) is 0 Å². The van der Waals surface area contributed by atoms with Gasteiger partial charge in [-0.2, -0.15) is 0 Å². The number of ether oxygens (including phenoxy) is 1. The Morgan fingerprint density at radius 3 is 2.77 bits per heavy atom. The number of urea groups is 1. The zero-order valence-corrected chi connectivity index (χ0v) is 14.5. The van der Waals surface area contributed by atoms with Crippen LogP contribution in [0.5, 0.6) is 0 Å². The first-order valence-corrected chi connectivity index (χ1v) is 8.49. The van der Waals surface area contributed by atoms with Crippen LogP contribution in [0.2, 0.25) is 0 Å². The SMILES string of the molecule is COCCNC(=O)CC[C@H]1NC(=O)N(c2cccc3ccccc23)C1=O. The molecular weight excluding hydrogens is 334 g/mol. The number of carbonyl (C=O) groups is 3. The molecule has 1 heterocycles. The van der Waals surface area contributed by atoms with Crippen LogP contribution in [0.3, 0.4) is 0 Å². The highest BCUT2D eigenvalue weighted by atomic mass is 16.5. The third-order valence-corrected chi connectivity index (χ3v) is 4.32. The van der Waals surface area contributed by atoms with Gasteiger partial charge in [-0.25, -0.2) is 9.69 Å². The number of fused-ring (bicyclic) bond motifs is 1. The third-order valence-electron chi connectivity index (χ3n) is 4.32. The van der Waals surface area contributed by atoms with E-state index >= 15 is 0 Å². The van der Waals surface area contributed by atoms with Crippen LogP contribution in [0, 0.1) is 0 Å². The molecule has 0 radical (unpaired) electrons. The van der Waals surface area contributed by atoms with Crippen molar-refractivity contribution in [2.75, 3.05) is 25.2 Å². The normalized spacial score (nSPS) is 16.8. The quantitative estimate of drug-likeness (QED) is 0.586. The Morgan fingerprint density at radius 1 is 1.19 bits per heavy atom. The molecule has 0 aliphatic carbocycles. The maximum Gasteiger partial charge on any atom is 0.329 e. The van der Waals surface area contributed by atoms with Crippen LogP contribution in [0.25, 0.3) is 10.8 Å². The molecule has 1 fully saturated rings. The topological polar surface area (TPSA) is 87.7 Å². The van der Waals surface area contributed by atoms with Gasteiger partial charge in [0.2, 0.25) is 5.91 Å². The molecule has 2 aromatic rings. The number of benzene rings is 2. The van der Waals surface area contributed by atoms with Crippen molar-refractivity contribution in [3.8, 4) is 0 Å². The van der Waals surface area contributed by atoms with E-state index in [0.717, 1.165) is 15.7 Å². The van der Waals surface area contributed by atoms with Gasteiger partial charge < -0.3 is 15.4 Å². The van der Waals surface area contributed by atoms with Crippen LogP contribution in [0.15, 0.2) is 42.5 Å².